The fourth-order valence-electron chi connectivity index (χ4n) is 3.05. The van der Waals surface area contributed by atoms with Gasteiger partial charge in [-0.25, -0.2) is 0 Å². The largest absolute Gasteiger partial charge is 0.399 e. The third-order valence-corrected chi connectivity index (χ3v) is 4.45. The van der Waals surface area contributed by atoms with E-state index in [1.165, 1.54) is 32.1 Å². The van der Waals surface area contributed by atoms with Gasteiger partial charge >= 0.3 is 0 Å². The fraction of sp³-hybridized carbons (Fsp3) is 0.588. The highest BCUT2D eigenvalue weighted by atomic mass is 16.1. The maximum atomic E-state index is 11.9. The van der Waals surface area contributed by atoms with Gasteiger partial charge in [-0.05, 0) is 42.4 Å². The standard InChI is InChI=1S/C17H26N2O/c1-2-13-6-8-14(9-7-13)12-19-17(20)11-15-4-3-5-16(18)10-15/h3-5,10,13-14H,2,6-9,11-12,18H2,1H3,(H,19,20). The van der Waals surface area contributed by atoms with Gasteiger partial charge in [-0.3, -0.25) is 4.79 Å². The van der Waals surface area contributed by atoms with Gasteiger partial charge in [0.2, 0.25) is 5.91 Å². The van der Waals surface area contributed by atoms with E-state index in [4.69, 9.17) is 5.73 Å². The number of benzene rings is 1. The smallest absolute Gasteiger partial charge is 0.224 e. The highest BCUT2D eigenvalue weighted by molar-refractivity contribution is 5.78. The predicted octanol–water partition coefficient (Wildman–Crippen LogP) is 3.14. The zero-order chi connectivity index (χ0) is 14.4. The van der Waals surface area contributed by atoms with Crippen LogP contribution in [0.15, 0.2) is 24.3 Å². The van der Waals surface area contributed by atoms with Crippen molar-refractivity contribution in [2.75, 3.05) is 12.3 Å². The molecular weight excluding hydrogens is 248 g/mol. The van der Waals surface area contributed by atoms with Crippen LogP contribution in [0.3, 0.4) is 0 Å². The number of nitrogens with two attached hydrogens (primary N) is 1. The highest BCUT2D eigenvalue weighted by Crippen LogP contribution is 2.30. The summed E-state index contributed by atoms with van der Waals surface area (Å²) in [4.78, 5) is 11.9. The molecule has 0 bridgehead atoms. The topological polar surface area (TPSA) is 55.1 Å². The first-order chi connectivity index (χ1) is 9.67. The SMILES string of the molecule is CCC1CCC(CNC(=O)Cc2cccc(N)c2)CC1. The van der Waals surface area contributed by atoms with Crippen molar-refractivity contribution >= 4 is 11.6 Å². The van der Waals surface area contributed by atoms with Gasteiger partial charge in [0.1, 0.15) is 0 Å². The molecule has 1 aliphatic carbocycles. The Kier molecular flexibility index (Phi) is 5.45. The van der Waals surface area contributed by atoms with Gasteiger partial charge in [0.15, 0.2) is 0 Å². The molecule has 0 spiro atoms. The third-order valence-electron chi connectivity index (χ3n) is 4.45. The molecular formula is C17H26N2O. The molecule has 1 aliphatic rings. The molecule has 2 rings (SSSR count). The van der Waals surface area contributed by atoms with Gasteiger partial charge in [-0.2, -0.15) is 0 Å². The highest BCUT2D eigenvalue weighted by Gasteiger charge is 2.20. The van der Waals surface area contributed by atoms with Crippen LogP contribution in [0.5, 0.6) is 0 Å². The minimum absolute atomic E-state index is 0.105. The Labute approximate surface area is 121 Å². The van der Waals surface area contributed by atoms with Crippen LogP contribution in [0.2, 0.25) is 0 Å². The Morgan fingerprint density at radius 3 is 2.60 bits per heavy atom. The monoisotopic (exact) mass is 274 g/mol. The number of hydrogen-bond donors (Lipinski definition) is 2. The number of rotatable bonds is 5. The van der Waals surface area contributed by atoms with E-state index < -0.39 is 0 Å². The zero-order valence-electron chi connectivity index (χ0n) is 12.4. The summed E-state index contributed by atoms with van der Waals surface area (Å²) in [5.41, 5.74) is 7.42. The number of amides is 1. The molecule has 0 aromatic heterocycles. The van der Waals surface area contributed by atoms with E-state index in [0.717, 1.165) is 18.0 Å². The maximum absolute atomic E-state index is 11.9. The lowest BCUT2D eigenvalue weighted by Crippen LogP contribution is -2.32. The Balaban J connectivity index is 1.70. The van der Waals surface area contributed by atoms with Crippen LogP contribution in [0, 0.1) is 11.8 Å². The summed E-state index contributed by atoms with van der Waals surface area (Å²) in [6.45, 7) is 3.11. The summed E-state index contributed by atoms with van der Waals surface area (Å²) < 4.78 is 0. The van der Waals surface area contributed by atoms with Gasteiger partial charge in [0, 0.05) is 12.2 Å². The van der Waals surface area contributed by atoms with Crippen molar-refractivity contribution < 1.29 is 4.79 Å². The van der Waals surface area contributed by atoms with Crippen LogP contribution in [-0.2, 0) is 11.2 Å². The molecule has 0 heterocycles. The minimum atomic E-state index is 0.105. The average molecular weight is 274 g/mol. The normalized spacial score (nSPS) is 22.4. The molecule has 3 nitrogen and oxygen atoms in total. The van der Waals surface area contributed by atoms with Crippen molar-refractivity contribution in [3.05, 3.63) is 29.8 Å². The van der Waals surface area contributed by atoms with Crippen LogP contribution in [0.1, 0.15) is 44.6 Å². The summed E-state index contributed by atoms with van der Waals surface area (Å²) >= 11 is 0. The second kappa shape index (κ2) is 7.32. The number of nitrogens with one attached hydrogen (secondary N) is 1. The average Bonchev–Trinajstić information content (AvgIpc) is 2.46. The van der Waals surface area contributed by atoms with Crippen molar-refractivity contribution in [3.8, 4) is 0 Å². The predicted molar refractivity (Wildman–Crippen MR) is 83.3 cm³/mol. The molecule has 0 atom stereocenters. The minimum Gasteiger partial charge on any atom is -0.399 e. The van der Waals surface area contributed by atoms with E-state index in [1.54, 1.807) is 0 Å². The molecule has 20 heavy (non-hydrogen) atoms. The summed E-state index contributed by atoms with van der Waals surface area (Å²) in [7, 11) is 0. The lowest BCUT2D eigenvalue weighted by atomic mass is 9.81. The molecule has 1 amide bonds. The van der Waals surface area contributed by atoms with E-state index in [2.05, 4.69) is 12.2 Å². The number of anilines is 1. The van der Waals surface area contributed by atoms with E-state index in [1.807, 2.05) is 24.3 Å². The van der Waals surface area contributed by atoms with Crippen molar-refractivity contribution in [1.29, 1.82) is 0 Å². The molecule has 0 unspecified atom stereocenters. The first-order valence-corrected chi connectivity index (χ1v) is 7.78. The number of carbonyl (C=O) groups is 1. The zero-order valence-corrected chi connectivity index (χ0v) is 12.4. The van der Waals surface area contributed by atoms with Gasteiger partial charge in [-0.1, -0.05) is 38.3 Å². The molecule has 1 saturated carbocycles. The molecule has 1 aromatic rings. The van der Waals surface area contributed by atoms with Gasteiger partial charge in [0.25, 0.3) is 0 Å². The summed E-state index contributed by atoms with van der Waals surface area (Å²) in [6.07, 6.45) is 6.90. The summed E-state index contributed by atoms with van der Waals surface area (Å²) in [5, 5.41) is 3.07. The summed E-state index contributed by atoms with van der Waals surface area (Å²) in [6, 6.07) is 7.55. The van der Waals surface area contributed by atoms with Gasteiger partial charge in [-0.15, -0.1) is 0 Å². The molecule has 110 valence electrons. The van der Waals surface area contributed by atoms with E-state index in [0.29, 0.717) is 18.0 Å². The maximum Gasteiger partial charge on any atom is 0.224 e. The molecule has 0 radical (unpaired) electrons. The first kappa shape index (κ1) is 14.9. The first-order valence-electron chi connectivity index (χ1n) is 7.78. The number of nitrogen functional groups attached to an aromatic ring is 1. The van der Waals surface area contributed by atoms with E-state index in [-0.39, 0.29) is 5.91 Å². The number of hydrogen-bond acceptors (Lipinski definition) is 2. The van der Waals surface area contributed by atoms with E-state index in [9.17, 15) is 4.79 Å². The fourth-order valence-corrected chi connectivity index (χ4v) is 3.05. The van der Waals surface area contributed by atoms with E-state index >= 15 is 0 Å². The van der Waals surface area contributed by atoms with Crippen molar-refractivity contribution in [1.82, 2.24) is 5.32 Å². The Morgan fingerprint density at radius 1 is 1.25 bits per heavy atom. The van der Waals surface area contributed by atoms with Crippen LogP contribution in [0.4, 0.5) is 5.69 Å². The lowest BCUT2D eigenvalue weighted by Gasteiger charge is -2.27. The molecule has 1 aromatic carbocycles. The summed E-state index contributed by atoms with van der Waals surface area (Å²) in [5.74, 6) is 1.69. The second-order valence-corrected chi connectivity index (χ2v) is 6.02. The Morgan fingerprint density at radius 2 is 1.95 bits per heavy atom. The molecule has 0 aliphatic heterocycles. The molecule has 0 saturated heterocycles. The van der Waals surface area contributed by atoms with Gasteiger partial charge < -0.3 is 11.1 Å². The lowest BCUT2D eigenvalue weighted by molar-refractivity contribution is -0.120. The van der Waals surface area contributed by atoms with Gasteiger partial charge in [0.05, 0.1) is 6.42 Å². The van der Waals surface area contributed by atoms with Crippen LogP contribution in [-0.4, -0.2) is 12.5 Å². The second-order valence-electron chi connectivity index (χ2n) is 6.02. The van der Waals surface area contributed by atoms with Crippen LogP contribution in [0.25, 0.3) is 0 Å². The molecule has 1 fully saturated rings. The van der Waals surface area contributed by atoms with Crippen LogP contribution >= 0.6 is 0 Å². The van der Waals surface area contributed by atoms with Crippen molar-refractivity contribution in [3.63, 3.8) is 0 Å². The Hall–Kier alpha value is -1.51. The molecule has 3 N–H and O–H groups in total. The van der Waals surface area contributed by atoms with Crippen molar-refractivity contribution in [2.24, 2.45) is 11.8 Å². The third kappa shape index (κ3) is 4.55. The quantitative estimate of drug-likeness (QED) is 0.810. The molecule has 3 heteroatoms. The van der Waals surface area contributed by atoms with Crippen LogP contribution < -0.4 is 11.1 Å². The van der Waals surface area contributed by atoms with Crippen molar-refractivity contribution in [2.45, 2.75) is 45.4 Å². The number of carbonyl (C=O) groups excluding carboxylic acids is 1. The Bertz CT molecular complexity index is 436.